The second-order valence-corrected chi connectivity index (χ2v) is 4.45. The summed E-state index contributed by atoms with van der Waals surface area (Å²) in [4.78, 5) is 11.0. The van der Waals surface area contributed by atoms with Gasteiger partial charge >= 0.3 is 0 Å². The molecule has 0 atom stereocenters. The second kappa shape index (κ2) is 4.58. The molecule has 0 saturated carbocycles. The lowest BCUT2D eigenvalue weighted by molar-refractivity contribution is 0.112. The van der Waals surface area contributed by atoms with Crippen LogP contribution in [-0.2, 0) is 0 Å². The SMILES string of the molecule is Nc1c(C=O)cccc1-c1cccc2ccccc12. The molecule has 0 bridgehead atoms. The van der Waals surface area contributed by atoms with Crippen molar-refractivity contribution >= 4 is 22.7 Å². The summed E-state index contributed by atoms with van der Waals surface area (Å²) >= 11 is 0. The van der Waals surface area contributed by atoms with Crippen molar-refractivity contribution in [3.63, 3.8) is 0 Å². The van der Waals surface area contributed by atoms with Gasteiger partial charge in [0.2, 0.25) is 0 Å². The summed E-state index contributed by atoms with van der Waals surface area (Å²) in [5.41, 5.74) is 9.11. The summed E-state index contributed by atoms with van der Waals surface area (Å²) in [5, 5.41) is 2.30. The Morgan fingerprint density at radius 2 is 1.47 bits per heavy atom. The number of hydrogen-bond donors (Lipinski definition) is 1. The van der Waals surface area contributed by atoms with Crippen molar-refractivity contribution in [1.29, 1.82) is 0 Å². The quantitative estimate of drug-likeness (QED) is 0.551. The van der Waals surface area contributed by atoms with E-state index in [1.165, 1.54) is 0 Å². The summed E-state index contributed by atoms with van der Waals surface area (Å²) in [5.74, 6) is 0. The van der Waals surface area contributed by atoms with Crippen molar-refractivity contribution in [2.24, 2.45) is 0 Å². The molecule has 0 aliphatic rings. The molecule has 0 spiro atoms. The number of carbonyl (C=O) groups is 1. The molecular formula is C17H13NO. The van der Waals surface area contributed by atoms with Gasteiger partial charge in [-0.1, -0.05) is 54.6 Å². The first-order valence-corrected chi connectivity index (χ1v) is 6.13. The molecule has 0 radical (unpaired) electrons. The first-order valence-electron chi connectivity index (χ1n) is 6.13. The lowest BCUT2D eigenvalue weighted by Crippen LogP contribution is -1.96. The average molecular weight is 247 g/mol. The molecule has 19 heavy (non-hydrogen) atoms. The zero-order valence-electron chi connectivity index (χ0n) is 10.3. The predicted molar refractivity (Wildman–Crippen MR) is 79.2 cm³/mol. The van der Waals surface area contributed by atoms with Gasteiger partial charge in [-0.25, -0.2) is 0 Å². The Balaban J connectivity index is 2.34. The van der Waals surface area contributed by atoms with Gasteiger partial charge in [-0.05, 0) is 22.4 Å². The van der Waals surface area contributed by atoms with Crippen LogP contribution in [0.25, 0.3) is 21.9 Å². The van der Waals surface area contributed by atoms with Gasteiger partial charge in [0.05, 0.1) is 5.69 Å². The van der Waals surface area contributed by atoms with Gasteiger partial charge in [-0.3, -0.25) is 4.79 Å². The fourth-order valence-corrected chi connectivity index (χ4v) is 2.38. The van der Waals surface area contributed by atoms with Crippen LogP contribution < -0.4 is 5.73 Å². The monoisotopic (exact) mass is 247 g/mol. The van der Waals surface area contributed by atoms with Crippen molar-refractivity contribution < 1.29 is 4.79 Å². The number of fused-ring (bicyclic) bond motifs is 1. The Hall–Kier alpha value is -2.61. The fraction of sp³-hybridized carbons (Fsp3) is 0. The molecule has 2 nitrogen and oxygen atoms in total. The third-order valence-corrected chi connectivity index (χ3v) is 3.35. The highest BCUT2D eigenvalue weighted by molar-refractivity contribution is 6.01. The Kier molecular flexibility index (Phi) is 2.76. The van der Waals surface area contributed by atoms with Crippen molar-refractivity contribution in [3.8, 4) is 11.1 Å². The highest BCUT2D eigenvalue weighted by atomic mass is 16.1. The molecule has 92 valence electrons. The molecule has 0 amide bonds. The van der Waals surface area contributed by atoms with Crippen molar-refractivity contribution in [2.45, 2.75) is 0 Å². The van der Waals surface area contributed by atoms with E-state index in [2.05, 4.69) is 18.2 Å². The van der Waals surface area contributed by atoms with E-state index >= 15 is 0 Å². The van der Waals surface area contributed by atoms with Crippen LogP contribution in [0.3, 0.4) is 0 Å². The summed E-state index contributed by atoms with van der Waals surface area (Å²) in [6, 6.07) is 19.8. The Labute approximate surface area is 111 Å². The number of para-hydroxylation sites is 1. The molecule has 0 aliphatic heterocycles. The minimum Gasteiger partial charge on any atom is -0.398 e. The van der Waals surface area contributed by atoms with E-state index in [1.807, 2.05) is 36.4 Å². The summed E-state index contributed by atoms with van der Waals surface area (Å²) in [6.07, 6.45) is 0.796. The molecule has 3 aromatic rings. The molecule has 0 fully saturated rings. The lowest BCUT2D eigenvalue weighted by Gasteiger charge is -2.10. The number of rotatable bonds is 2. The molecule has 0 aliphatic carbocycles. The van der Waals surface area contributed by atoms with Crippen LogP contribution in [-0.4, -0.2) is 6.29 Å². The summed E-state index contributed by atoms with van der Waals surface area (Å²) in [7, 11) is 0. The highest BCUT2D eigenvalue weighted by Gasteiger charge is 2.09. The van der Waals surface area contributed by atoms with Crippen molar-refractivity contribution in [3.05, 3.63) is 66.2 Å². The van der Waals surface area contributed by atoms with Crippen LogP contribution in [0.15, 0.2) is 60.7 Å². The largest absolute Gasteiger partial charge is 0.398 e. The van der Waals surface area contributed by atoms with E-state index in [4.69, 9.17) is 5.73 Å². The molecule has 2 heteroatoms. The van der Waals surface area contributed by atoms with Gasteiger partial charge in [0.15, 0.2) is 6.29 Å². The number of benzene rings is 3. The molecule has 2 N–H and O–H groups in total. The number of hydrogen-bond acceptors (Lipinski definition) is 2. The van der Waals surface area contributed by atoms with Crippen LogP contribution in [0.5, 0.6) is 0 Å². The molecule has 0 aromatic heterocycles. The van der Waals surface area contributed by atoms with E-state index in [-0.39, 0.29) is 0 Å². The van der Waals surface area contributed by atoms with Gasteiger partial charge in [0, 0.05) is 11.1 Å². The minimum absolute atomic E-state index is 0.533. The summed E-state index contributed by atoms with van der Waals surface area (Å²) in [6.45, 7) is 0. The minimum atomic E-state index is 0.533. The Bertz CT molecular complexity index is 757. The smallest absolute Gasteiger partial charge is 0.152 e. The molecule has 3 rings (SSSR count). The standard InChI is InChI=1S/C17H13NO/c18-17-13(11-19)7-4-10-16(17)15-9-3-6-12-5-1-2-8-14(12)15/h1-11H,18H2. The maximum Gasteiger partial charge on any atom is 0.152 e. The Morgan fingerprint density at radius 3 is 2.32 bits per heavy atom. The third-order valence-electron chi connectivity index (χ3n) is 3.35. The molecule has 0 saturated heterocycles. The first-order chi connectivity index (χ1) is 9.31. The number of nitrogen functional groups attached to an aromatic ring is 1. The molecule has 0 heterocycles. The zero-order chi connectivity index (χ0) is 13.2. The number of nitrogens with two attached hydrogens (primary N) is 1. The van der Waals surface area contributed by atoms with Gasteiger partial charge in [-0.15, -0.1) is 0 Å². The van der Waals surface area contributed by atoms with E-state index < -0.39 is 0 Å². The Morgan fingerprint density at radius 1 is 0.789 bits per heavy atom. The van der Waals surface area contributed by atoms with Crippen LogP contribution in [0.4, 0.5) is 5.69 Å². The normalized spacial score (nSPS) is 10.5. The average Bonchev–Trinajstić information content (AvgIpc) is 2.47. The van der Waals surface area contributed by atoms with Gasteiger partial charge in [0.1, 0.15) is 0 Å². The van der Waals surface area contributed by atoms with Gasteiger partial charge < -0.3 is 5.73 Å². The fourth-order valence-electron chi connectivity index (χ4n) is 2.38. The van der Waals surface area contributed by atoms with Crippen LogP contribution in [0.2, 0.25) is 0 Å². The predicted octanol–water partition coefficient (Wildman–Crippen LogP) is 3.90. The maximum absolute atomic E-state index is 11.0. The van der Waals surface area contributed by atoms with E-state index in [1.54, 1.807) is 6.07 Å². The van der Waals surface area contributed by atoms with Crippen molar-refractivity contribution in [2.75, 3.05) is 5.73 Å². The highest BCUT2D eigenvalue weighted by Crippen LogP contribution is 2.33. The third kappa shape index (κ3) is 1.87. The zero-order valence-corrected chi connectivity index (χ0v) is 10.3. The maximum atomic E-state index is 11.0. The molecule has 3 aromatic carbocycles. The van der Waals surface area contributed by atoms with Gasteiger partial charge in [0.25, 0.3) is 0 Å². The molecular weight excluding hydrogens is 234 g/mol. The van der Waals surface area contributed by atoms with Crippen LogP contribution in [0.1, 0.15) is 10.4 Å². The second-order valence-electron chi connectivity index (χ2n) is 4.45. The number of aldehydes is 1. The number of anilines is 1. The lowest BCUT2D eigenvalue weighted by atomic mass is 9.95. The molecule has 0 unspecified atom stereocenters. The van der Waals surface area contributed by atoms with Crippen LogP contribution in [0, 0.1) is 0 Å². The van der Waals surface area contributed by atoms with E-state index in [9.17, 15) is 4.79 Å². The van der Waals surface area contributed by atoms with E-state index in [0.29, 0.717) is 11.3 Å². The van der Waals surface area contributed by atoms with Gasteiger partial charge in [-0.2, -0.15) is 0 Å². The first kappa shape index (κ1) is 11.5. The van der Waals surface area contributed by atoms with Crippen molar-refractivity contribution in [1.82, 2.24) is 0 Å². The van der Waals surface area contributed by atoms with Crippen LogP contribution >= 0.6 is 0 Å². The number of carbonyl (C=O) groups excluding carboxylic acids is 1. The summed E-state index contributed by atoms with van der Waals surface area (Å²) < 4.78 is 0. The topological polar surface area (TPSA) is 43.1 Å². The van der Waals surface area contributed by atoms with E-state index in [0.717, 1.165) is 28.2 Å².